The van der Waals surface area contributed by atoms with Crippen LogP contribution in [0.3, 0.4) is 0 Å². The maximum absolute atomic E-state index is 13.4. The third-order valence-corrected chi connectivity index (χ3v) is 6.19. The lowest BCUT2D eigenvalue weighted by Crippen LogP contribution is -2.48. The van der Waals surface area contributed by atoms with E-state index in [1.54, 1.807) is 21.7 Å². The molecule has 164 valence electrons. The summed E-state index contributed by atoms with van der Waals surface area (Å²) in [5, 5.41) is 10.4. The highest BCUT2D eigenvalue weighted by atomic mass is 32.1. The fourth-order valence-corrected chi connectivity index (χ4v) is 4.39. The summed E-state index contributed by atoms with van der Waals surface area (Å²) in [6, 6.07) is 11.7. The van der Waals surface area contributed by atoms with E-state index in [4.69, 9.17) is 4.52 Å². The van der Waals surface area contributed by atoms with Crippen molar-refractivity contribution in [3.63, 3.8) is 0 Å². The molecule has 1 aromatic carbocycles. The molecule has 0 N–H and O–H groups in total. The Morgan fingerprint density at radius 1 is 1.16 bits per heavy atom. The molecule has 0 radical (unpaired) electrons. The van der Waals surface area contributed by atoms with Gasteiger partial charge in [-0.2, -0.15) is 0 Å². The highest BCUT2D eigenvalue weighted by molar-refractivity contribution is 7.13. The number of amides is 1. The van der Waals surface area contributed by atoms with Gasteiger partial charge in [-0.3, -0.25) is 9.69 Å². The second-order valence-corrected chi connectivity index (χ2v) is 8.58. The molecule has 32 heavy (non-hydrogen) atoms. The summed E-state index contributed by atoms with van der Waals surface area (Å²) in [5.74, 6) is 0.980. The Balaban J connectivity index is 1.34. The SMILES string of the molecule is Cc1cc(CN2CCN(C(=O)c3nc(-c4cccs4)n(-c4ccc(F)cc4)n3)CC2)on1. The Hall–Kier alpha value is -3.37. The molecule has 1 fully saturated rings. The average Bonchev–Trinajstić information content (AvgIpc) is 3.55. The zero-order chi connectivity index (χ0) is 22.1. The van der Waals surface area contributed by atoms with Gasteiger partial charge in [0.25, 0.3) is 5.91 Å². The summed E-state index contributed by atoms with van der Waals surface area (Å²) >= 11 is 1.51. The number of hydrogen-bond donors (Lipinski definition) is 0. The number of benzene rings is 1. The molecule has 4 aromatic rings. The Labute approximate surface area is 187 Å². The number of halogens is 1. The molecule has 1 amide bonds. The number of rotatable bonds is 5. The highest BCUT2D eigenvalue weighted by Crippen LogP contribution is 2.26. The van der Waals surface area contributed by atoms with Crippen molar-refractivity contribution in [1.82, 2.24) is 29.7 Å². The molecule has 3 aromatic heterocycles. The van der Waals surface area contributed by atoms with Crippen LogP contribution in [0.4, 0.5) is 4.39 Å². The first kappa shape index (κ1) is 20.5. The van der Waals surface area contributed by atoms with Gasteiger partial charge in [0.1, 0.15) is 5.82 Å². The minimum Gasteiger partial charge on any atom is -0.360 e. The zero-order valence-corrected chi connectivity index (χ0v) is 18.3. The van der Waals surface area contributed by atoms with Crippen molar-refractivity contribution < 1.29 is 13.7 Å². The summed E-state index contributed by atoms with van der Waals surface area (Å²) in [4.78, 5) is 22.6. The van der Waals surface area contributed by atoms with Gasteiger partial charge in [0.05, 0.1) is 22.8 Å². The lowest BCUT2D eigenvalue weighted by atomic mass is 10.2. The first-order chi connectivity index (χ1) is 15.6. The number of piperazine rings is 1. The molecule has 0 atom stereocenters. The summed E-state index contributed by atoms with van der Waals surface area (Å²) in [7, 11) is 0. The largest absolute Gasteiger partial charge is 0.360 e. The van der Waals surface area contributed by atoms with Crippen molar-refractivity contribution in [2.24, 2.45) is 0 Å². The Morgan fingerprint density at radius 2 is 1.94 bits per heavy atom. The third-order valence-electron chi connectivity index (χ3n) is 5.33. The van der Waals surface area contributed by atoms with Crippen LogP contribution in [0.5, 0.6) is 0 Å². The Kier molecular flexibility index (Phi) is 5.54. The van der Waals surface area contributed by atoms with E-state index in [2.05, 4.69) is 20.1 Å². The van der Waals surface area contributed by atoms with E-state index < -0.39 is 0 Å². The number of carbonyl (C=O) groups excluding carboxylic acids is 1. The fraction of sp³-hybridized carbons (Fsp3) is 0.273. The monoisotopic (exact) mass is 452 g/mol. The van der Waals surface area contributed by atoms with Crippen molar-refractivity contribution in [1.29, 1.82) is 0 Å². The molecule has 8 nitrogen and oxygen atoms in total. The minimum absolute atomic E-state index is 0.136. The molecule has 10 heteroatoms. The van der Waals surface area contributed by atoms with Crippen LogP contribution in [0.25, 0.3) is 16.4 Å². The van der Waals surface area contributed by atoms with Crippen LogP contribution in [-0.4, -0.2) is 61.8 Å². The molecule has 0 bridgehead atoms. The van der Waals surface area contributed by atoms with Crippen molar-refractivity contribution >= 4 is 17.2 Å². The van der Waals surface area contributed by atoms with Gasteiger partial charge in [-0.05, 0) is 42.6 Å². The van der Waals surface area contributed by atoms with Crippen molar-refractivity contribution in [2.45, 2.75) is 13.5 Å². The van der Waals surface area contributed by atoms with Crippen molar-refractivity contribution in [3.8, 4) is 16.4 Å². The average molecular weight is 453 g/mol. The van der Waals surface area contributed by atoms with E-state index in [1.165, 1.54) is 23.5 Å². The van der Waals surface area contributed by atoms with Gasteiger partial charge in [0.15, 0.2) is 11.6 Å². The predicted octanol–water partition coefficient (Wildman–Crippen LogP) is 3.39. The maximum atomic E-state index is 13.4. The second kappa shape index (κ2) is 8.64. The Bertz CT molecular complexity index is 1210. The molecule has 1 saturated heterocycles. The van der Waals surface area contributed by atoms with E-state index in [1.807, 2.05) is 30.5 Å². The van der Waals surface area contributed by atoms with Crippen molar-refractivity contribution in [2.75, 3.05) is 26.2 Å². The topological polar surface area (TPSA) is 80.3 Å². The van der Waals surface area contributed by atoms with Crippen LogP contribution in [0.1, 0.15) is 22.1 Å². The quantitative estimate of drug-likeness (QED) is 0.462. The summed E-state index contributed by atoms with van der Waals surface area (Å²) in [6.07, 6.45) is 0. The molecule has 0 unspecified atom stereocenters. The van der Waals surface area contributed by atoms with Gasteiger partial charge in [-0.1, -0.05) is 11.2 Å². The summed E-state index contributed by atoms with van der Waals surface area (Å²) in [5.41, 5.74) is 1.51. The number of nitrogens with zero attached hydrogens (tertiary/aromatic N) is 6. The van der Waals surface area contributed by atoms with Crippen LogP contribution >= 0.6 is 11.3 Å². The van der Waals surface area contributed by atoms with Gasteiger partial charge >= 0.3 is 0 Å². The standard InChI is InChI=1S/C22H21FN6O2S/c1-15-13-18(31-26-15)14-27-8-10-28(11-9-27)22(30)20-24-21(19-3-2-12-32-19)29(25-20)17-6-4-16(23)5-7-17/h2-7,12-13H,8-11,14H2,1H3. The molecule has 1 aliphatic rings. The molecule has 0 spiro atoms. The van der Waals surface area contributed by atoms with E-state index >= 15 is 0 Å². The lowest BCUT2D eigenvalue weighted by Gasteiger charge is -2.33. The predicted molar refractivity (Wildman–Crippen MR) is 117 cm³/mol. The number of thiophene rings is 1. The smallest absolute Gasteiger partial charge is 0.293 e. The molecular formula is C22H21FN6O2S. The van der Waals surface area contributed by atoms with Gasteiger partial charge < -0.3 is 9.42 Å². The number of aromatic nitrogens is 4. The van der Waals surface area contributed by atoms with Gasteiger partial charge in [-0.25, -0.2) is 14.1 Å². The highest BCUT2D eigenvalue weighted by Gasteiger charge is 2.27. The molecule has 5 rings (SSSR count). The number of hydrogen-bond acceptors (Lipinski definition) is 7. The molecule has 0 saturated carbocycles. The van der Waals surface area contributed by atoms with Gasteiger partial charge in [-0.15, -0.1) is 16.4 Å². The van der Waals surface area contributed by atoms with Crippen LogP contribution in [0.2, 0.25) is 0 Å². The fourth-order valence-electron chi connectivity index (χ4n) is 3.69. The normalized spacial score (nSPS) is 14.8. The lowest BCUT2D eigenvalue weighted by molar-refractivity contribution is 0.0606. The summed E-state index contributed by atoms with van der Waals surface area (Å²) < 4.78 is 20.3. The molecule has 4 heterocycles. The first-order valence-corrected chi connectivity index (χ1v) is 11.2. The minimum atomic E-state index is -0.332. The van der Waals surface area contributed by atoms with Crippen LogP contribution < -0.4 is 0 Å². The molecular weight excluding hydrogens is 431 g/mol. The summed E-state index contributed by atoms with van der Waals surface area (Å²) in [6.45, 7) is 5.16. The van der Waals surface area contributed by atoms with Gasteiger partial charge in [0.2, 0.25) is 5.82 Å². The third kappa shape index (κ3) is 4.19. The Morgan fingerprint density at radius 3 is 2.59 bits per heavy atom. The molecule has 1 aliphatic heterocycles. The maximum Gasteiger partial charge on any atom is 0.293 e. The van der Waals surface area contributed by atoms with Crippen LogP contribution in [-0.2, 0) is 6.54 Å². The van der Waals surface area contributed by atoms with Crippen LogP contribution in [0, 0.1) is 12.7 Å². The van der Waals surface area contributed by atoms with E-state index in [0.29, 0.717) is 31.1 Å². The number of aryl methyl sites for hydroxylation is 1. The number of carbonyl (C=O) groups is 1. The van der Waals surface area contributed by atoms with Crippen LogP contribution in [0.15, 0.2) is 52.4 Å². The van der Waals surface area contributed by atoms with E-state index in [0.717, 1.165) is 29.4 Å². The second-order valence-electron chi connectivity index (χ2n) is 7.63. The zero-order valence-electron chi connectivity index (χ0n) is 17.4. The van der Waals surface area contributed by atoms with E-state index in [-0.39, 0.29) is 17.5 Å². The van der Waals surface area contributed by atoms with Crippen molar-refractivity contribution in [3.05, 3.63) is 70.9 Å². The first-order valence-electron chi connectivity index (χ1n) is 10.3. The van der Waals surface area contributed by atoms with E-state index in [9.17, 15) is 9.18 Å². The van der Waals surface area contributed by atoms with Gasteiger partial charge in [0, 0.05) is 32.2 Å². The molecule has 0 aliphatic carbocycles.